The van der Waals surface area contributed by atoms with Crippen LogP contribution in [0.15, 0.2) is 36.7 Å². The van der Waals surface area contributed by atoms with Gasteiger partial charge in [0.2, 0.25) is 5.95 Å². The van der Waals surface area contributed by atoms with Gasteiger partial charge in [0.1, 0.15) is 22.9 Å². The lowest BCUT2D eigenvalue weighted by Crippen LogP contribution is -2.51. The summed E-state index contributed by atoms with van der Waals surface area (Å²) in [7, 11) is 2.24. The van der Waals surface area contributed by atoms with Crippen LogP contribution >= 0.6 is 0 Å². The molecule has 39 heavy (non-hydrogen) atoms. The van der Waals surface area contributed by atoms with Crippen molar-refractivity contribution < 1.29 is 8.78 Å². The molecule has 2 saturated heterocycles. The third kappa shape index (κ3) is 4.26. The standard InChI is InChI=1S/C29H32F2N8/c1-29(2)9-8-25-35-27-21(30)10-18(11-23(27)39(25)29)26-22(31)13-33-28(36-26)34-24-7-4-17(12-32-24)14-38-15-19-5-6-20(16-38)37(19)3/h4,7,10-13,19-20H,5-6,8-9,14-16H2,1-3H3,(H,32,33,34,36). The first-order valence-corrected chi connectivity index (χ1v) is 13.7. The van der Waals surface area contributed by atoms with Crippen LogP contribution in [0.25, 0.3) is 22.3 Å². The number of likely N-dealkylation sites (N-methyl/N-ethyl adjacent to an activating group) is 1. The predicted molar refractivity (Wildman–Crippen MR) is 146 cm³/mol. The number of piperazine rings is 1. The first-order chi connectivity index (χ1) is 18.7. The molecule has 7 rings (SSSR count). The number of rotatable bonds is 5. The molecule has 0 saturated carbocycles. The Hall–Kier alpha value is -3.50. The maximum atomic E-state index is 15.1. The van der Waals surface area contributed by atoms with Gasteiger partial charge >= 0.3 is 0 Å². The highest BCUT2D eigenvalue weighted by Gasteiger charge is 2.37. The van der Waals surface area contributed by atoms with Crippen LogP contribution in [0.4, 0.5) is 20.5 Å². The van der Waals surface area contributed by atoms with Crippen LogP contribution in [0.2, 0.25) is 0 Å². The zero-order chi connectivity index (χ0) is 26.9. The zero-order valence-electron chi connectivity index (χ0n) is 22.5. The van der Waals surface area contributed by atoms with E-state index < -0.39 is 11.6 Å². The number of imidazole rings is 1. The van der Waals surface area contributed by atoms with Crippen LogP contribution in [-0.4, -0.2) is 66.5 Å². The number of aryl methyl sites for hydroxylation is 1. The Bertz CT molecular complexity index is 1550. The van der Waals surface area contributed by atoms with E-state index in [2.05, 4.69) is 60.5 Å². The molecule has 4 aromatic rings. The summed E-state index contributed by atoms with van der Waals surface area (Å²) in [5.74, 6) is 0.502. The molecule has 0 spiro atoms. The Morgan fingerprint density at radius 2 is 1.79 bits per heavy atom. The van der Waals surface area contributed by atoms with Crippen molar-refractivity contribution in [2.24, 2.45) is 0 Å². The number of benzene rings is 1. The lowest BCUT2D eigenvalue weighted by atomic mass is 10.0. The van der Waals surface area contributed by atoms with Gasteiger partial charge in [-0.2, -0.15) is 0 Å². The quantitative estimate of drug-likeness (QED) is 0.395. The molecule has 3 aliphatic rings. The number of nitrogens with zero attached hydrogens (tertiary/aromatic N) is 7. The molecule has 10 heteroatoms. The summed E-state index contributed by atoms with van der Waals surface area (Å²) < 4.78 is 32.1. The van der Waals surface area contributed by atoms with Gasteiger partial charge in [0.25, 0.3) is 0 Å². The topological polar surface area (TPSA) is 75.0 Å². The molecule has 0 aliphatic carbocycles. The highest BCUT2D eigenvalue weighted by Crippen LogP contribution is 2.38. The Morgan fingerprint density at radius 3 is 2.54 bits per heavy atom. The maximum absolute atomic E-state index is 15.1. The van der Waals surface area contributed by atoms with Gasteiger partial charge in [0, 0.05) is 55.4 Å². The molecule has 2 bridgehead atoms. The van der Waals surface area contributed by atoms with Crippen LogP contribution in [-0.2, 0) is 18.5 Å². The van der Waals surface area contributed by atoms with E-state index in [4.69, 9.17) is 0 Å². The lowest BCUT2D eigenvalue weighted by Gasteiger charge is -2.38. The molecule has 8 nitrogen and oxygen atoms in total. The lowest BCUT2D eigenvalue weighted by molar-refractivity contribution is 0.0837. The van der Waals surface area contributed by atoms with Gasteiger partial charge in [-0.15, -0.1) is 0 Å². The van der Waals surface area contributed by atoms with E-state index in [0.29, 0.717) is 34.5 Å². The fourth-order valence-electron chi connectivity index (χ4n) is 6.62. The molecule has 3 aromatic heterocycles. The van der Waals surface area contributed by atoms with Crippen molar-refractivity contribution in [3.8, 4) is 11.3 Å². The molecule has 0 amide bonds. The van der Waals surface area contributed by atoms with E-state index in [1.54, 1.807) is 6.07 Å². The Kier molecular flexibility index (Phi) is 5.68. The molecule has 2 unspecified atom stereocenters. The van der Waals surface area contributed by atoms with Crippen LogP contribution < -0.4 is 5.32 Å². The first kappa shape index (κ1) is 24.5. The third-order valence-electron chi connectivity index (χ3n) is 8.76. The van der Waals surface area contributed by atoms with Crippen LogP contribution in [0.3, 0.4) is 0 Å². The number of halogens is 2. The smallest absolute Gasteiger partial charge is 0.229 e. The summed E-state index contributed by atoms with van der Waals surface area (Å²) in [4.78, 5) is 22.6. The number of aromatic nitrogens is 5. The van der Waals surface area contributed by atoms with Crippen molar-refractivity contribution in [2.45, 2.75) is 63.7 Å². The Morgan fingerprint density at radius 1 is 1.00 bits per heavy atom. The number of fused-ring (bicyclic) bond motifs is 5. The second-order valence-electron chi connectivity index (χ2n) is 11.8. The molecule has 0 radical (unpaired) electrons. The average Bonchev–Trinajstić information content (AvgIpc) is 3.49. The molecular weight excluding hydrogens is 498 g/mol. The van der Waals surface area contributed by atoms with Crippen molar-refractivity contribution in [3.05, 3.63) is 59.7 Å². The van der Waals surface area contributed by atoms with Crippen LogP contribution in [0.5, 0.6) is 0 Å². The van der Waals surface area contributed by atoms with Gasteiger partial charge in [-0.05, 0) is 63.9 Å². The maximum Gasteiger partial charge on any atom is 0.229 e. The SMILES string of the molecule is CN1C2CCC1CN(Cc1ccc(Nc3ncc(F)c(-c4cc(F)c5nc6n(c5c4)C(C)(C)CC6)n3)nc1)C2. The zero-order valence-corrected chi connectivity index (χ0v) is 22.5. The van der Waals surface area contributed by atoms with Crippen LogP contribution in [0, 0.1) is 11.6 Å². The summed E-state index contributed by atoms with van der Waals surface area (Å²) in [5, 5.41) is 3.07. The molecule has 3 aliphatic heterocycles. The van der Waals surface area contributed by atoms with Gasteiger partial charge in [-0.3, -0.25) is 9.80 Å². The van der Waals surface area contributed by atoms with E-state index in [1.165, 1.54) is 18.9 Å². The predicted octanol–water partition coefficient (Wildman–Crippen LogP) is 4.87. The minimum absolute atomic E-state index is 0.0287. The van der Waals surface area contributed by atoms with Gasteiger partial charge in [-0.1, -0.05) is 6.07 Å². The molecule has 6 heterocycles. The average molecular weight is 531 g/mol. The summed E-state index contributed by atoms with van der Waals surface area (Å²) in [5.41, 5.74) is 2.29. The van der Waals surface area contributed by atoms with Crippen molar-refractivity contribution in [2.75, 3.05) is 25.5 Å². The summed E-state index contributed by atoms with van der Waals surface area (Å²) in [6.07, 6.45) is 7.23. The molecule has 1 N–H and O–H groups in total. The minimum atomic E-state index is -0.621. The minimum Gasteiger partial charge on any atom is -0.322 e. The van der Waals surface area contributed by atoms with E-state index in [0.717, 1.165) is 50.1 Å². The number of hydrogen-bond donors (Lipinski definition) is 1. The van der Waals surface area contributed by atoms with Gasteiger partial charge in [0.05, 0.1) is 11.7 Å². The molecule has 1 aromatic carbocycles. The highest BCUT2D eigenvalue weighted by molar-refractivity contribution is 5.83. The highest BCUT2D eigenvalue weighted by atomic mass is 19.1. The number of pyridine rings is 1. The van der Waals surface area contributed by atoms with Crippen molar-refractivity contribution in [1.29, 1.82) is 0 Å². The van der Waals surface area contributed by atoms with Crippen LogP contribution in [0.1, 0.15) is 44.5 Å². The van der Waals surface area contributed by atoms with E-state index in [-0.39, 0.29) is 17.2 Å². The summed E-state index contributed by atoms with van der Waals surface area (Å²) in [6.45, 7) is 7.26. The number of anilines is 2. The second-order valence-corrected chi connectivity index (χ2v) is 11.8. The van der Waals surface area contributed by atoms with Crippen molar-refractivity contribution in [1.82, 2.24) is 34.3 Å². The Labute approximate surface area is 226 Å². The fourth-order valence-corrected chi connectivity index (χ4v) is 6.62. The largest absolute Gasteiger partial charge is 0.322 e. The normalized spacial score (nSPS) is 22.5. The first-order valence-electron chi connectivity index (χ1n) is 13.7. The van der Waals surface area contributed by atoms with Gasteiger partial charge < -0.3 is 9.88 Å². The summed E-state index contributed by atoms with van der Waals surface area (Å²) >= 11 is 0. The second kappa shape index (κ2) is 9.02. The number of hydrogen-bond acceptors (Lipinski definition) is 7. The Balaban J connectivity index is 1.12. The molecule has 2 atom stereocenters. The van der Waals surface area contributed by atoms with Crippen molar-refractivity contribution >= 4 is 22.8 Å². The molecular formula is C29H32F2N8. The summed E-state index contributed by atoms with van der Waals surface area (Å²) in [6, 6.07) is 8.30. The third-order valence-corrected chi connectivity index (χ3v) is 8.76. The van der Waals surface area contributed by atoms with E-state index in [1.807, 2.05) is 18.3 Å². The number of nitrogens with one attached hydrogen (secondary N) is 1. The van der Waals surface area contributed by atoms with E-state index >= 15 is 4.39 Å². The number of likely N-dealkylation sites (tertiary alicyclic amines) is 1. The van der Waals surface area contributed by atoms with Gasteiger partial charge in [0.15, 0.2) is 11.6 Å². The van der Waals surface area contributed by atoms with E-state index in [9.17, 15) is 4.39 Å². The fraction of sp³-hybridized carbons (Fsp3) is 0.448. The molecule has 2 fully saturated rings. The monoisotopic (exact) mass is 530 g/mol. The van der Waals surface area contributed by atoms with Crippen molar-refractivity contribution in [3.63, 3.8) is 0 Å². The molecule has 202 valence electrons. The van der Waals surface area contributed by atoms with Gasteiger partial charge in [-0.25, -0.2) is 28.7 Å².